The van der Waals surface area contributed by atoms with Crippen molar-refractivity contribution < 1.29 is 4.74 Å². The Bertz CT molecular complexity index is 496. The third kappa shape index (κ3) is 3.57. The molecular weight excluding hydrogens is 260 g/mol. The largest absolute Gasteiger partial charge is 0.496 e. The minimum absolute atomic E-state index is 0.430. The van der Waals surface area contributed by atoms with Gasteiger partial charge < -0.3 is 10.5 Å². The first kappa shape index (κ1) is 16.3. The van der Waals surface area contributed by atoms with Crippen LogP contribution in [0.5, 0.6) is 5.75 Å². The molecule has 0 spiro atoms. The fourth-order valence-corrected chi connectivity index (χ4v) is 3.86. The summed E-state index contributed by atoms with van der Waals surface area (Å²) in [5.74, 6) is 2.25. The number of nitrogens with two attached hydrogens (primary N) is 1. The monoisotopic (exact) mass is 290 g/mol. The summed E-state index contributed by atoms with van der Waals surface area (Å²) in [6.45, 7) is 9.73. The number of methoxy groups -OCH3 is 1. The highest BCUT2D eigenvalue weighted by molar-refractivity contribution is 5.41. The smallest absolute Gasteiger partial charge is 0.128 e. The van der Waals surface area contributed by atoms with Crippen molar-refractivity contribution >= 4 is 0 Å². The summed E-state index contributed by atoms with van der Waals surface area (Å²) >= 11 is 0. The summed E-state index contributed by atoms with van der Waals surface area (Å²) in [7, 11) is 1.74. The van der Waals surface area contributed by atoms with Crippen LogP contribution in [0.25, 0.3) is 0 Å². The molecule has 2 N–H and O–H groups in total. The summed E-state index contributed by atoms with van der Waals surface area (Å²) < 4.78 is 5.54. The van der Waals surface area contributed by atoms with Crippen molar-refractivity contribution in [1.82, 2.24) is 4.98 Å². The zero-order valence-electron chi connectivity index (χ0n) is 14.2. The van der Waals surface area contributed by atoms with Gasteiger partial charge >= 0.3 is 0 Å². The van der Waals surface area contributed by atoms with Gasteiger partial charge in [-0.3, -0.25) is 4.98 Å². The van der Waals surface area contributed by atoms with Gasteiger partial charge in [-0.2, -0.15) is 0 Å². The van der Waals surface area contributed by atoms with E-state index in [2.05, 4.69) is 32.7 Å². The molecule has 21 heavy (non-hydrogen) atoms. The van der Waals surface area contributed by atoms with E-state index in [4.69, 9.17) is 10.5 Å². The first-order valence-electron chi connectivity index (χ1n) is 8.07. The molecule has 1 aromatic heterocycles. The van der Waals surface area contributed by atoms with Crippen LogP contribution in [0, 0.1) is 31.1 Å². The van der Waals surface area contributed by atoms with E-state index in [0.29, 0.717) is 17.3 Å². The normalized spacial score (nSPS) is 24.9. The summed E-state index contributed by atoms with van der Waals surface area (Å²) in [5, 5.41) is 0. The molecule has 3 heteroatoms. The van der Waals surface area contributed by atoms with Crippen LogP contribution in [0.15, 0.2) is 6.20 Å². The van der Waals surface area contributed by atoms with Crippen LogP contribution in [0.4, 0.5) is 0 Å². The van der Waals surface area contributed by atoms with Crippen LogP contribution < -0.4 is 10.5 Å². The van der Waals surface area contributed by atoms with Crippen LogP contribution in [0.1, 0.15) is 49.9 Å². The minimum Gasteiger partial charge on any atom is -0.496 e. The van der Waals surface area contributed by atoms with Crippen molar-refractivity contribution in [2.24, 2.45) is 23.0 Å². The average molecular weight is 290 g/mol. The Hall–Kier alpha value is -1.09. The number of hydrogen-bond acceptors (Lipinski definition) is 3. The number of aryl methyl sites for hydroxylation is 1. The molecule has 1 aromatic rings. The van der Waals surface area contributed by atoms with Crippen molar-refractivity contribution in [2.75, 3.05) is 13.7 Å². The zero-order valence-corrected chi connectivity index (χ0v) is 14.2. The van der Waals surface area contributed by atoms with E-state index >= 15 is 0 Å². The summed E-state index contributed by atoms with van der Waals surface area (Å²) in [6, 6.07) is 0. The summed E-state index contributed by atoms with van der Waals surface area (Å²) in [5.41, 5.74) is 9.92. The van der Waals surface area contributed by atoms with Gasteiger partial charge in [0.15, 0.2) is 0 Å². The molecule has 3 nitrogen and oxygen atoms in total. The highest BCUT2D eigenvalue weighted by atomic mass is 16.5. The number of rotatable bonds is 4. The van der Waals surface area contributed by atoms with Gasteiger partial charge in [0.2, 0.25) is 0 Å². The second-order valence-electron chi connectivity index (χ2n) is 7.41. The number of aromatic nitrogens is 1. The lowest BCUT2D eigenvalue weighted by Crippen LogP contribution is -2.35. The molecule has 0 aliphatic heterocycles. The van der Waals surface area contributed by atoms with E-state index in [-0.39, 0.29) is 0 Å². The molecule has 1 saturated carbocycles. The Kier molecular flexibility index (Phi) is 4.92. The fourth-order valence-electron chi connectivity index (χ4n) is 3.86. The van der Waals surface area contributed by atoms with Gasteiger partial charge in [-0.1, -0.05) is 13.8 Å². The number of nitrogens with zero attached hydrogens (tertiary/aromatic N) is 1. The standard InChI is InChI=1S/C18H30N2O/c1-12-11-20-16(13(2)17(12)21-5)8-15-9-18(3,4)7-6-14(15)10-19/h11,14-15H,6-10,19H2,1-5H3. The van der Waals surface area contributed by atoms with Gasteiger partial charge in [0.25, 0.3) is 0 Å². The lowest BCUT2D eigenvalue weighted by molar-refractivity contribution is 0.120. The lowest BCUT2D eigenvalue weighted by atomic mass is 9.66. The predicted molar refractivity (Wildman–Crippen MR) is 87.6 cm³/mol. The first-order chi connectivity index (χ1) is 9.88. The van der Waals surface area contributed by atoms with Crippen LogP contribution in [-0.2, 0) is 6.42 Å². The van der Waals surface area contributed by atoms with Crippen LogP contribution in [-0.4, -0.2) is 18.6 Å². The van der Waals surface area contributed by atoms with Gasteiger partial charge in [-0.15, -0.1) is 0 Å². The Morgan fingerprint density at radius 2 is 2.05 bits per heavy atom. The van der Waals surface area contributed by atoms with Crippen molar-refractivity contribution in [3.05, 3.63) is 23.0 Å². The van der Waals surface area contributed by atoms with Gasteiger partial charge in [-0.05, 0) is 63.3 Å². The molecule has 118 valence electrons. The van der Waals surface area contributed by atoms with Gasteiger partial charge in [-0.25, -0.2) is 0 Å². The molecule has 0 saturated heterocycles. The molecule has 2 unspecified atom stereocenters. The third-order valence-corrected chi connectivity index (χ3v) is 5.18. The van der Waals surface area contributed by atoms with Crippen molar-refractivity contribution in [3.8, 4) is 5.75 Å². The maximum absolute atomic E-state index is 6.01. The molecule has 2 rings (SSSR count). The van der Waals surface area contributed by atoms with Crippen LogP contribution in [0.2, 0.25) is 0 Å². The average Bonchev–Trinajstić information content (AvgIpc) is 2.42. The molecule has 0 amide bonds. The van der Waals surface area contributed by atoms with Crippen molar-refractivity contribution in [1.29, 1.82) is 0 Å². The zero-order chi connectivity index (χ0) is 15.6. The first-order valence-corrected chi connectivity index (χ1v) is 8.07. The van der Waals surface area contributed by atoms with E-state index in [0.717, 1.165) is 24.3 Å². The highest BCUT2D eigenvalue weighted by Crippen LogP contribution is 2.43. The second kappa shape index (κ2) is 6.35. The quantitative estimate of drug-likeness (QED) is 0.920. The molecule has 1 aliphatic carbocycles. The Morgan fingerprint density at radius 3 is 2.67 bits per heavy atom. The molecular formula is C18H30N2O. The third-order valence-electron chi connectivity index (χ3n) is 5.18. The van der Waals surface area contributed by atoms with Crippen molar-refractivity contribution in [3.63, 3.8) is 0 Å². The molecule has 0 bridgehead atoms. The van der Waals surface area contributed by atoms with E-state index in [1.807, 2.05) is 6.20 Å². The summed E-state index contributed by atoms with van der Waals surface area (Å²) in [4.78, 5) is 4.68. The highest BCUT2D eigenvalue weighted by Gasteiger charge is 2.34. The lowest BCUT2D eigenvalue weighted by Gasteiger charge is -2.40. The molecule has 2 atom stereocenters. The molecule has 0 radical (unpaired) electrons. The van der Waals surface area contributed by atoms with Gasteiger partial charge in [0.1, 0.15) is 5.75 Å². The van der Waals surface area contributed by atoms with E-state index < -0.39 is 0 Å². The number of pyridine rings is 1. The molecule has 1 aliphatic rings. The second-order valence-corrected chi connectivity index (χ2v) is 7.41. The molecule has 1 fully saturated rings. The number of hydrogen-bond donors (Lipinski definition) is 1. The Labute approximate surface area is 129 Å². The molecule has 1 heterocycles. The SMILES string of the molecule is COc1c(C)cnc(CC2CC(C)(C)CCC2CN)c1C. The maximum Gasteiger partial charge on any atom is 0.128 e. The van der Waals surface area contributed by atoms with Crippen LogP contribution >= 0.6 is 0 Å². The van der Waals surface area contributed by atoms with E-state index in [1.54, 1.807) is 7.11 Å². The molecule has 0 aromatic carbocycles. The maximum atomic E-state index is 6.01. The fraction of sp³-hybridized carbons (Fsp3) is 0.722. The summed E-state index contributed by atoms with van der Waals surface area (Å²) in [6.07, 6.45) is 6.73. The number of ether oxygens (including phenoxy) is 1. The Morgan fingerprint density at radius 1 is 1.33 bits per heavy atom. The Balaban J connectivity index is 2.23. The van der Waals surface area contributed by atoms with Crippen LogP contribution in [0.3, 0.4) is 0 Å². The minimum atomic E-state index is 0.430. The topological polar surface area (TPSA) is 48.1 Å². The van der Waals surface area contributed by atoms with Gasteiger partial charge in [0, 0.05) is 23.0 Å². The predicted octanol–water partition coefficient (Wildman–Crippen LogP) is 3.65. The van der Waals surface area contributed by atoms with Gasteiger partial charge in [0.05, 0.1) is 7.11 Å². The van der Waals surface area contributed by atoms with E-state index in [9.17, 15) is 0 Å². The van der Waals surface area contributed by atoms with Crippen molar-refractivity contribution in [2.45, 2.75) is 53.4 Å². The van der Waals surface area contributed by atoms with E-state index in [1.165, 1.54) is 30.5 Å².